The predicted octanol–water partition coefficient (Wildman–Crippen LogP) is 8.73. The third kappa shape index (κ3) is 3.65. The minimum Gasteiger partial charge on any atom is -0.390 e. The van der Waals surface area contributed by atoms with Crippen LogP contribution in [0.1, 0.15) is 34.6 Å². The molecule has 0 amide bonds. The lowest BCUT2D eigenvalue weighted by Crippen LogP contribution is -2.22. The zero-order chi connectivity index (χ0) is 25.8. The third-order valence-electron chi connectivity index (χ3n) is 8.39. The maximum atomic E-state index is 3.65. The monoisotopic (exact) mass is 498 g/mol. The first kappa shape index (κ1) is 22.2. The number of hydrogen-bond acceptors (Lipinski definition) is 2. The number of allylic oxidation sites excluding steroid dienone is 3. The van der Waals surface area contributed by atoms with Gasteiger partial charge in [-0.15, -0.1) is 0 Å². The van der Waals surface area contributed by atoms with Crippen molar-refractivity contribution in [3.63, 3.8) is 0 Å². The van der Waals surface area contributed by atoms with Gasteiger partial charge in [-0.3, -0.25) is 0 Å². The summed E-state index contributed by atoms with van der Waals surface area (Å²) < 4.78 is 0. The Bertz CT molecular complexity index is 1840. The molecule has 3 heteroatoms. The molecule has 2 nitrogen and oxygen atoms in total. The Labute approximate surface area is 229 Å². The molecule has 1 aliphatic heterocycles. The van der Waals surface area contributed by atoms with E-state index in [9.17, 15) is 0 Å². The Kier molecular flexibility index (Phi) is 5.09. The highest BCUT2D eigenvalue weighted by atomic mass is 15.1. The van der Waals surface area contributed by atoms with E-state index in [1.54, 1.807) is 0 Å². The first-order chi connectivity index (χ1) is 19.3. The van der Waals surface area contributed by atoms with Gasteiger partial charge in [-0.2, -0.15) is 0 Å². The Morgan fingerprint density at radius 2 is 1.51 bits per heavy atom. The largest absolute Gasteiger partial charge is 0.390 e. The topological polar surface area (TPSA) is 15.3 Å². The summed E-state index contributed by atoms with van der Waals surface area (Å²) in [5, 5.41) is 6.30. The molecule has 5 aromatic rings. The molecule has 3 aliphatic rings. The van der Waals surface area contributed by atoms with Crippen molar-refractivity contribution in [3.05, 3.63) is 156 Å². The lowest BCUT2D eigenvalue weighted by Gasteiger charge is -2.24. The average molecular weight is 498 g/mol. The highest BCUT2D eigenvalue weighted by Crippen LogP contribution is 2.53. The van der Waals surface area contributed by atoms with Crippen LogP contribution in [-0.4, -0.2) is 7.41 Å². The van der Waals surface area contributed by atoms with E-state index in [0.29, 0.717) is 5.92 Å². The number of hydrogen-bond donors (Lipinski definition) is 1. The lowest BCUT2D eigenvalue weighted by molar-refractivity contribution is 0.841. The predicted molar refractivity (Wildman–Crippen MR) is 167 cm³/mol. The molecule has 0 bridgehead atoms. The van der Waals surface area contributed by atoms with Crippen LogP contribution in [0.2, 0.25) is 0 Å². The van der Waals surface area contributed by atoms with Gasteiger partial charge < -0.3 is 10.1 Å². The van der Waals surface area contributed by atoms with Gasteiger partial charge >= 0.3 is 0 Å². The molecule has 1 heterocycles. The molecule has 1 unspecified atom stereocenters. The van der Waals surface area contributed by atoms with Crippen LogP contribution in [0.25, 0.3) is 27.5 Å². The second-order valence-corrected chi connectivity index (χ2v) is 10.6. The van der Waals surface area contributed by atoms with Crippen LogP contribution in [0.5, 0.6) is 0 Å². The summed E-state index contributed by atoms with van der Waals surface area (Å²) in [5.74, 6) is 2.62. The van der Waals surface area contributed by atoms with Crippen molar-refractivity contribution >= 4 is 40.8 Å². The zero-order valence-corrected chi connectivity index (χ0v) is 21.6. The standard InChI is InChI=1S/C36H27BN2/c1-2-9-26-23-33-31-19-18-28(29-10-7-11-30(36(29)31)32(33)22-25(26)8-1)24-14-16-27(17-15-24)38-34-12-3-4-13-35(34)39-21-6-5-20-37-39/h1-18,20-23,31,37-38H,19H2. The normalized spacial score (nSPS) is 16.5. The molecule has 0 aromatic heterocycles. The quantitative estimate of drug-likeness (QED) is 0.249. The molecule has 184 valence electrons. The number of rotatable bonds is 4. The molecule has 1 N–H and O–H groups in total. The van der Waals surface area contributed by atoms with Crippen LogP contribution in [0, 0.1) is 0 Å². The fourth-order valence-corrected chi connectivity index (χ4v) is 6.57. The minimum atomic E-state index is 0.440. The van der Waals surface area contributed by atoms with Crippen LogP contribution in [0.3, 0.4) is 0 Å². The first-order valence-electron chi connectivity index (χ1n) is 13.8. The number of nitrogens with one attached hydrogen (secondary N) is 1. The van der Waals surface area contributed by atoms with Gasteiger partial charge in [0.2, 0.25) is 0 Å². The van der Waals surface area contributed by atoms with Crippen LogP contribution >= 0.6 is 0 Å². The summed E-state index contributed by atoms with van der Waals surface area (Å²) in [6.45, 7) is 0. The molecular weight excluding hydrogens is 471 g/mol. The molecular formula is C36H27BN2. The van der Waals surface area contributed by atoms with Gasteiger partial charge in [0.05, 0.1) is 11.4 Å². The second kappa shape index (κ2) is 8.92. The summed E-state index contributed by atoms with van der Waals surface area (Å²) in [7, 11) is 0.880. The highest BCUT2D eigenvalue weighted by molar-refractivity contribution is 6.49. The fraction of sp³-hybridized carbons (Fsp3) is 0.0556. The Morgan fingerprint density at radius 1 is 0.718 bits per heavy atom. The van der Waals surface area contributed by atoms with Gasteiger partial charge in [0.25, 0.3) is 7.41 Å². The van der Waals surface area contributed by atoms with E-state index < -0.39 is 0 Å². The molecule has 2 aliphatic carbocycles. The second-order valence-electron chi connectivity index (χ2n) is 10.6. The number of para-hydroxylation sites is 2. The molecule has 0 radical (unpaired) electrons. The Balaban J connectivity index is 1.12. The Morgan fingerprint density at radius 3 is 2.36 bits per heavy atom. The maximum Gasteiger partial charge on any atom is 0.267 e. The SMILES string of the molecule is B1C=CC=CN1c1ccccc1Nc1ccc(C2=CCC3c4cc5ccccc5cc4-c4cccc2c43)cc1. The number of anilines is 3. The highest BCUT2D eigenvalue weighted by Gasteiger charge is 2.34. The number of nitrogens with zero attached hydrogens (tertiary/aromatic N) is 1. The molecule has 0 fully saturated rings. The Hall–Kier alpha value is -4.76. The van der Waals surface area contributed by atoms with Crippen molar-refractivity contribution in [1.29, 1.82) is 0 Å². The van der Waals surface area contributed by atoms with E-state index in [1.807, 2.05) is 0 Å². The first-order valence-corrected chi connectivity index (χ1v) is 13.8. The lowest BCUT2D eigenvalue weighted by atomic mass is 9.80. The van der Waals surface area contributed by atoms with E-state index in [-0.39, 0.29) is 0 Å². The molecule has 5 aromatic carbocycles. The van der Waals surface area contributed by atoms with E-state index >= 15 is 0 Å². The van der Waals surface area contributed by atoms with E-state index in [4.69, 9.17) is 0 Å². The van der Waals surface area contributed by atoms with Crippen LogP contribution < -0.4 is 10.1 Å². The van der Waals surface area contributed by atoms with Gasteiger partial charge in [0, 0.05) is 11.6 Å². The molecule has 0 spiro atoms. The van der Waals surface area contributed by atoms with Crippen LogP contribution in [-0.2, 0) is 0 Å². The average Bonchev–Trinajstić information content (AvgIpc) is 3.31. The molecule has 39 heavy (non-hydrogen) atoms. The molecule has 1 atom stereocenters. The molecule has 8 rings (SSSR count). The molecule has 0 saturated carbocycles. The molecule has 0 saturated heterocycles. The van der Waals surface area contributed by atoms with Crippen molar-refractivity contribution in [2.75, 3.05) is 10.1 Å². The van der Waals surface area contributed by atoms with Crippen LogP contribution in [0.4, 0.5) is 17.1 Å². The minimum absolute atomic E-state index is 0.440. The number of fused-ring (bicyclic) bond motifs is 4. The van der Waals surface area contributed by atoms with Gasteiger partial charge in [-0.25, -0.2) is 0 Å². The fourth-order valence-electron chi connectivity index (χ4n) is 6.57. The third-order valence-corrected chi connectivity index (χ3v) is 8.39. The van der Waals surface area contributed by atoms with Crippen molar-refractivity contribution in [3.8, 4) is 11.1 Å². The van der Waals surface area contributed by atoms with Crippen molar-refractivity contribution in [2.45, 2.75) is 12.3 Å². The van der Waals surface area contributed by atoms with Crippen molar-refractivity contribution in [1.82, 2.24) is 0 Å². The summed E-state index contributed by atoms with van der Waals surface area (Å²) in [6.07, 6.45) is 9.80. The van der Waals surface area contributed by atoms with Crippen molar-refractivity contribution in [2.24, 2.45) is 0 Å². The van der Waals surface area contributed by atoms with E-state index in [0.717, 1.165) is 25.2 Å². The smallest absolute Gasteiger partial charge is 0.267 e. The van der Waals surface area contributed by atoms with Gasteiger partial charge in [0.1, 0.15) is 0 Å². The van der Waals surface area contributed by atoms with Gasteiger partial charge in [-0.1, -0.05) is 84.9 Å². The van der Waals surface area contributed by atoms with E-state index in [1.165, 1.54) is 55.4 Å². The summed E-state index contributed by atoms with van der Waals surface area (Å²) >= 11 is 0. The van der Waals surface area contributed by atoms with Gasteiger partial charge in [-0.05, 0) is 105 Å². The van der Waals surface area contributed by atoms with Crippen molar-refractivity contribution < 1.29 is 0 Å². The summed E-state index contributed by atoms with van der Waals surface area (Å²) in [5.41, 5.74) is 13.1. The van der Waals surface area contributed by atoms with E-state index in [2.05, 4.69) is 144 Å². The summed E-state index contributed by atoms with van der Waals surface area (Å²) in [4.78, 5) is 2.26. The summed E-state index contributed by atoms with van der Waals surface area (Å²) in [6, 6.07) is 37.8. The van der Waals surface area contributed by atoms with Gasteiger partial charge in [0.15, 0.2) is 0 Å². The van der Waals surface area contributed by atoms with Crippen LogP contribution in [0.15, 0.2) is 134 Å². The number of benzene rings is 5. The zero-order valence-electron chi connectivity index (χ0n) is 21.6. The maximum absolute atomic E-state index is 3.65.